The van der Waals surface area contributed by atoms with E-state index in [1.54, 1.807) is 0 Å². The first-order valence-electron chi connectivity index (χ1n) is 7.02. The lowest BCUT2D eigenvalue weighted by Crippen LogP contribution is -2.38. The van der Waals surface area contributed by atoms with Crippen molar-refractivity contribution in [3.63, 3.8) is 0 Å². The molecule has 23 heavy (non-hydrogen) atoms. The molecule has 0 aromatic carbocycles. The minimum atomic E-state index is -1.05. The lowest BCUT2D eigenvalue weighted by Gasteiger charge is -2.21. The van der Waals surface area contributed by atoms with E-state index in [4.69, 9.17) is 9.47 Å². The molecule has 0 saturated carbocycles. The van der Waals surface area contributed by atoms with Crippen LogP contribution in [0.25, 0.3) is 11.2 Å². The standard InChI is InChI=1S/C13H18N4O6/c1-15-10-7(11(20)16(2)13(15)21)14-5-17(10)12-9(22-3)8(19)6(4-18)23-12/h5-6,8-9,12,18-19H,4H2,1-3H3/t6-,8-,9-,12-/m1/s1. The van der Waals surface area contributed by atoms with Crippen LogP contribution in [0.4, 0.5) is 0 Å². The molecule has 1 aliphatic rings. The molecular weight excluding hydrogens is 308 g/mol. The second-order valence-corrected chi connectivity index (χ2v) is 5.47. The number of hydrogen-bond acceptors (Lipinski definition) is 7. The fraction of sp³-hybridized carbons (Fsp3) is 0.615. The van der Waals surface area contributed by atoms with Crippen molar-refractivity contribution < 1.29 is 19.7 Å². The van der Waals surface area contributed by atoms with Crippen LogP contribution >= 0.6 is 0 Å². The van der Waals surface area contributed by atoms with Crippen LogP contribution in [0.5, 0.6) is 0 Å². The SMILES string of the molecule is CO[C@@H]1[C@H](O)[C@@H](CO)O[C@H]1n1cnc2c(=O)n(C)c(=O)n(C)c21. The molecule has 0 aliphatic carbocycles. The monoisotopic (exact) mass is 326 g/mol. The van der Waals surface area contributed by atoms with Gasteiger partial charge in [0.2, 0.25) is 0 Å². The fourth-order valence-electron chi connectivity index (χ4n) is 2.93. The quantitative estimate of drug-likeness (QED) is 0.650. The van der Waals surface area contributed by atoms with Gasteiger partial charge in [0.05, 0.1) is 12.9 Å². The number of aliphatic hydroxyl groups is 2. The summed E-state index contributed by atoms with van der Waals surface area (Å²) in [5, 5.41) is 19.4. The zero-order valence-electron chi connectivity index (χ0n) is 12.9. The third-order valence-corrected chi connectivity index (χ3v) is 4.21. The maximum Gasteiger partial charge on any atom is 0.332 e. The molecule has 3 rings (SSSR count). The summed E-state index contributed by atoms with van der Waals surface area (Å²) in [5.41, 5.74) is -0.658. The third-order valence-electron chi connectivity index (χ3n) is 4.21. The molecule has 0 radical (unpaired) electrons. The minimum absolute atomic E-state index is 0.106. The highest BCUT2D eigenvalue weighted by molar-refractivity contribution is 5.70. The molecule has 126 valence electrons. The van der Waals surface area contributed by atoms with Gasteiger partial charge in [-0.15, -0.1) is 0 Å². The van der Waals surface area contributed by atoms with Gasteiger partial charge >= 0.3 is 5.69 Å². The average molecular weight is 326 g/mol. The molecule has 10 nitrogen and oxygen atoms in total. The molecule has 0 bridgehead atoms. The molecule has 2 N–H and O–H groups in total. The third kappa shape index (κ3) is 2.14. The summed E-state index contributed by atoms with van der Waals surface area (Å²) in [6, 6.07) is 0. The van der Waals surface area contributed by atoms with Crippen molar-refractivity contribution in [2.45, 2.75) is 24.5 Å². The Morgan fingerprint density at radius 2 is 2.04 bits per heavy atom. The molecule has 3 heterocycles. The Kier molecular flexibility index (Phi) is 3.84. The van der Waals surface area contributed by atoms with Crippen molar-refractivity contribution in [1.82, 2.24) is 18.7 Å². The number of ether oxygens (including phenoxy) is 2. The topological polar surface area (TPSA) is 121 Å². The van der Waals surface area contributed by atoms with E-state index in [-0.39, 0.29) is 17.8 Å². The molecule has 1 saturated heterocycles. The summed E-state index contributed by atoms with van der Waals surface area (Å²) in [4.78, 5) is 28.4. The van der Waals surface area contributed by atoms with E-state index in [1.807, 2.05) is 0 Å². The first-order valence-corrected chi connectivity index (χ1v) is 7.02. The van der Waals surface area contributed by atoms with E-state index < -0.39 is 35.8 Å². The Hall–Kier alpha value is -2.01. The summed E-state index contributed by atoms with van der Waals surface area (Å²) in [6.45, 7) is -0.384. The molecule has 4 atom stereocenters. The predicted molar refractivity (Wildman–Crippen MR) is 78.0 cm³/mol. The lowest BCUT2D eigenvalue weighted by atomic mass is 10.1. The van der Waals surface area contributed by atoms with Gasteiger partial charge in [-0.1, -0.05) is 0 Å². The molecule has 0 spiro atoms. The van der Waals surface area contributed by atoms with Gasteiger partial charge in [0.1, 0.15) is 18.3 Å². The van der Waals surface area contributed by atoms with Gasteiger partial charge in [-0.3, -0.25) is 18.5 Å². The molecular formula is C13H18N4O6. The van der Waals surface area contributed by atoms with Crippen molar-refractivity contribution >= 4 is 11.2 Å². The number of hydrogen-bond donors (Lipinski definition) is 2. The number of fused-ring (bicyclic) bond motifs is 1. The van der Waals surface area contributed by atoms with Crippen LogP contribution < -0.4 is 11.2 Å². The van der Waals surface area contributed by atoms with Gasteiger partial charge < -0.3 is 19.7 Å². The summed E-state index contributed by atoms with van der Waals surface area (Å²) in [5.74, 6) is 0. The number of imidazole rings is 1. The molecule has 2 aromatic heterocycles. The second-order valence-electron chi connectivity index (χ2n) is 5.47. The number of aromatic nitrogens is 4. The smallest absolute Gasteiger partial charge is 0.332 e. The van der Waals surface area contributed by atoms with E-state index >= 15 is 0 Å². The van der Waals surface area contributed by atoms with Crippen molar-refractivity contribution in [2.75, 3.05) is 13.7 Å². The molecule has 2 aromatic rings. The Morgan fingerprint density at radius 1 is 1.35 bits per heavy atom. The molecule has 0 amide bonds. The van der Waals surface area contributed by atoms with Crippen LogP contribution in [0.2, 0.25) is 0 Å². The highest BCUT2D eigenvalue weighted by atomic mass is 16.6. The van der Waals surface area contributed by atoms with Gasteiger partial charge in [0.15, 0.2) is 17.4 Å². The molecule has 1 aliphatic heterocycles. The first-order chi connectivity index (χ1) is 10.9. The van der Waals surface area contributed by atoms with Crippen molar-refractivity contribution in [3.8, 4) is 0 Å². The van der Waals surface area contributed by atoms with Crippen molar-refractivity contribution in [2.24, 2.45) is 14.1 Å². The number of aryl methyl sites for hydroxylation is 1. The normalized spacial score (nSPS) is 27.9. The summed E-state index contributed by atoms with van der Waals surface area (Å²) in [6.07, 6.45) is -2.12. The Labute approximate surface area is 130 Å². The van der Waals surface area contributed by atoms with Gasteiger partial charge in [0, 0.05) is 21.2 Å². The zero-order chi connectivity index (χ0) is 16.9. The van der Waals surface area contributed by atoms with Gasteiger partial charge in [-0.05, 0) is 0 Å². The Balaban J connectivity index is 2.22. The minimum Gasteiger partial charge on any atom is -0.394 e. The van der Waals surface area contributed by atoms with Crippen LogP contribution in [0, 0.1) is 0 Å². The largest absolute Gasteiger partial charge is 0.394 e. The van der Waals surface area contributed by atoms with Crippen LogP contribution in [0.3, 0.4) is 0 Å². The fourth-order valence-corrected chi connectivity index (χ4v) is 2.93. The predicted octanol–water partition coefficient (Wildman–Crippen LogP) is -2.30. The van der Waals surface area contributed by atoms with Crippen LogP contribution in [0.15, 0.2) is 15.9 Å². The molecule has 10 heteroatoms. The highest BCUT2D eigenvalue weighted by Crippen LogP contribution is 2.32. The van der Waals surface area contributed by atoms with Crippen molar-refractivity contribution in [3.05, 3.63) is 27.2 Å². The summed E-state index contributed by atoms with van der Waals surface area (Å²) >= 11 is 0. The van der Waals surface area contributed by atoms with E-state index in [9.17, 15) is 19.8 Å². The van der Waals surface area contributed by atoms with E-state index in [2.05, 4.69) is 4.98 Å². The first kappa shape index (κ1) is 15.9. The second kappa shape index (κ2) is 5.57. The van der Waals surface area contributed by atoms with Crippen molar-refractivity contribution in [1.29, 1.82) is 0 Å². The number of rotatable bonds is 3. The van der Waals surface area contributed by atoms with Gasteiger partial charge in [-0.2, -0.15) is 0 Å². The Bertz CT molecular complexity index is 852. The number of aliphatic hydroxyl groups excluding tert-OH is 2. The average Bonchev–Trinajstić information content (AvgIpc) is 3.11. The lowest BCUT2D eigenvalue weighted by molar-refractivity contribution is -0.0585. The van der Waals surface area contributed by atoms with Crippen LogP contribution in [-0.2, 0) is 23.6 Å². The van der Waals surface area contributed by atoms with Crippen LogP contribution in [0.1, 0.15) is 6.23 Å². The molecule has 0 unspecified atom stereocenters. The zero-order valence-corrected chi connectivity index (χ0v) is 12.9. The van der Waals surface area contributed by atoms with E-state index in [0.29, 0.717) is 0 Å². The maximum absolute atomic E-state index is 12.2. The van der Waals surface area contributed by atoms with Crippen LogP contribution in [-0.4, -0.2) is 60.9 Å². The Morgan fingerprint density at radius 3 is 2.65 bits per heavy atom. The number of nitrogens with zero attached hydrogens (tertiary/aromatic N) is 4. The highest BCUT2D eigenvalue weighted by Gasteiger charge is 2.45. The molecule has 1 fully saturated rings. The maximum atomic E-state index is 12.2. The van der Waals surface area contributed by atoms with E-state index in [0.717, 1.165) is 4.57 Å². The van der Waals surface area contributed by atoms with Gasteiger partial charge in [-0.25, -0.2) is 9.78 Å². The number of methoxy groups -OCH3 is 1. The summed E-state index contributed by atoms with van der Waals surface area (Å²) in [7, 11) is 4.29. The van der Waals surface area contributed by atoms with E-state index in [1.165, 1.54) is 36.7 Å². The van der Waals surface area contributed by atoms with Gasteiger partial charge in [0.25, 0.3) is 5.56 Å². The summed E-state index contributed by atoms with van der Waals surface area (Å²) < 4.78 is 14.6.